The SMILES string of the molecule is N.c1ccc2nc(C3CCCc4ccc5c(ccc6ccccc65)c43)ccc2c1. The van der Waals surface area contributed by atoms with Gasteiger partial charge in [0.05, 0.1) is 5.52 Å². The lowest BCUT2D eigenvalue weighted by molar-refractivity contribution is 0.610. The second kappa shape index (κ2) is 6.98. The van der Waals surface area contributed by atoms with Crippen LogP contribution in [0.5, 0.6) is 0 Å². The average Bonchev–Trinajstić information content (AvgIpc) is 2.78. The molecule has 0 aliphatic heterocycles. The van der Waals surface area contributed by atoms with Crippen molar-refractivity contribution in [1.29, 1.82) is 0 Å². The Hall–Kier alpha value is -3.23. The highest BCUT2D eigenvalue weighted by molar-refractivity contribution is 6.09. The van der Waals surface area contributed by atoms with Gasteiger partial charge in [0.1, 0.15) is 0 Å². The third kappa shape index (κ3) is 2.80. The highest BCUT2D eigenvalue weighted by atomic mass is 14.7. The largest absolute Gasteiger partial charge is 0.344 e. The Balaban J connectivity index is 0.00000181. The van der Waals surface area contributed by atoms with Gasteiger partial charge < -0.3 is 6.15 Å². The van der Waals surface area contributed by atoms with Crippen LogP contribution in [0.25, 0.3) is 32.4 Å². The molecule has 4 aromatic carbocycles. The molecule has 1 heterocycles. The molecule has 1 atom stereocenters. The Morgan fingerprint density at radius 3 is 2.34 bits per heavy atom. The van der Waals surface area contributed by atoms with Gasteiger partial charge in [-0.25, -0.2) is 0 Å². The fourth-order valence-electron chi connectivity index (χ4n) is 5.00. The highest BCUT2D eigenvalue weighted by Gasteiger charge is 2.25. The fourth-order valence-corrected chi connectivity index (χ4v) is 5.00. The van der Waals surface area contributed by atoms with Crippen molar-refractivity contribution in [3.8, 4) is 0 Å². The van der Waals surface area contributed by atoms with Crippen LogP contribution in [0, 0.1) is 0 Å². The summed E-state index contributed by atoms with van der Waals surface area (Å²) in [5.41, 5.74) is 5.30. The highest BCUT2D eigenvalue weighted by Crippen LogP contribution is 2.42. The summed E-state index contributed by atoms with van der Waals surface area (Å²) in [6.45, 7) is 0. The third-order valence-corrected chi connectivity index (χ3v) is 6.32. The van der Waals surface area contributed by atoms with Crippen molar-refractivity contribution in [2.75, 3.05) is 0 Å². The summed E-state index contributed by atoms with van der Waals surface area (Å²) in [5, 5.41) is 6.64. The zero-order chi connectivity index (χ0) is 18.5. The van der Waals surface area contributed by atoms with Gasteiger partial charge in [-0.1, -0.05) is 72.8 Å². The van der Waals surface area contributed by atoms with E-state index in [-0.39, 0.29) is 6.15 Å². The second-order valence-electron chi connectivity index (χ2n) is 7.89. The fraction of sp³-hybridized carbons (Fsp3) is 0.148. The molecule has 1 aliphatic rings. The first-order valence-corrected chi connectivity index (χ1v) is 10.2. The number of pyridine rings is 1. The maximum absolute atomic E-state index is 5.07. The number of aromatic nitrogens is 1. The van der Waals surface area contributed by atoms with Crippen LogP contribution in [0.1, 0.15) is 35.6 Å². The van der Waals surface area contributed by atoms with Crippen molar-refractivity contribution in [2.45, 2.75) is 25.2 Å². The maximum atomic E-state index is 5.07. The molecule has 0 amide bonds. The molecule has 6 rings (SSSR count). The van der Waals surface area contributed by atoms with Crippen LogP contribution in [0.3, 0.4) is 0 Å². The van der Waals surface area contributed by atoms with Crippen LogP contribution in [-0.4, -0.2) is 4.98 Å². The molecule has 5 aromatic rings. The predicted molar refractivity (Wildman–Crippen MR) is 123 cm³/mol. The molecule has 0 saturated carbocycles. The number of fused-ring (bicyclic) bond motifs is 6. The van der Waals surface area contributed by atoms with Gasteiger partial charge >= 0.3 is 0 Å². The van der Waals surface area contributed by atoms with Crippen molar-refractivity contribution in [3.05, 3.63) is 102 Å². The van der Waals surface area contributed by atoms with Crippen molar-refractivity contribution in [3.63, 3.8) is 0 Å². The number of para-hydroxylation sites is 1. The monoisotopic (exact) mass is 376 g/mol. The first kappa shape index (κ1) is 17.8. The molecule has 1 aliphatic carbocycles. The molecule has 0 spiro atoms. The summed E-state index contributed by atoms with van der Waals surface area (Å²) in [6.07, 6.45) is 3.57. The van der Waals surface area contributed by atoms with Gasteiger partial charge in [-0.2, -0.15) is 0 Å². The van der Waals surface area contributed by atoms with Gasteiger partial charge in [0.25, 0.3) is 0 Å². The van der Waals surface area contributed by atoms with E-state index in [9.17, 15) is 0 Å². The molecule has 2 heteroatoms. The zero-order valence-corrected chi connectivity index (χ0v) is 16.4. The Morgan fingerprint density at radius 1 is 0.655 bits per heavy atom. The molecule has 142 valence electrons. The number of nitrogens with zero attached hydrogens (tertiary/aromatic N) is 1. The van der Waals surface area contributed by atoms with Gasteiger partial charge in [0.2, 0.25) is 0 Å². The molecular formula is C27H24N2. The van der Waals surface area contributed by atoms with Crippen molar-refractivity contribution >= 4 is 32.4 Å². The Bertz CT molecular complexity index is 1350. The number of rotatable bonds is 1. The van der Waals surface area contributed by atoms with E-state index in [2.05, 4.69) is 84.9 Å². The van der Waals surface area contributed by atoms with E-state index < -0.39 is 0 Å². The van der Waals surface area contributed by atoms with E-state index in [1.807, 2.05) is 0 Å². The molecular weight excluding hydrogens is 352 g/mol. The average molecular weight is 377 g/mol. The van der Waals surface area contributed by atoms with E-state index in [4.69, 9.17) is 4.98 Å². The molecule has 0 fully saturated rings. The zero-order valence-electron chi connectivity index (χ0n) is 16.4. The Labute approximate surface area is 170 Å². The van der Waals surface area contributed by atoms with Crippen LogP contribution in [0.4, 0.5) is 0 Å². The molecule has 2 nitrogen and oxygen atoms in total. The van der Waals surface area contributed by atoms with E-state index in [0.717, 1.165) is 5.52 Å². The maximum Gasteiger partial charge on any atom is 0.0705 e. The standard InChI is InChI=1S/C27H21N.H3N/c1-3-9-21-18(6-1)12-16-23-22(21)15-13-20-8-5-10-24(27(20)23)26-17-14-19-7-2-4-11-25(19)28-26;/h1-4,6-7,9,11-17,24H,5,8,10H2;1H3. The quantitative estimate of drug-likeness (QED) is 0.315. The number of hydrogen-bond donors (Lipinski definition) is 1. The van der Waals surface area contributed by atoms with E-state index in [1.54, 1.807) is 0 Å². The van der Waals surface area contributed by atoms with Gasteiger partial charge in [-0.3, -0.25) is 4.98 Å². The van der Waals surface area contributed by atoms with Crippen LogP contribution in [-0.2, 0) is 6.42 Å². The Kier molecular flexibility index (Phi) is 4.30. The lowest BCUT2D eigenvalue weighted by atomic mass is 9.77. The van der Waals surface area contributed by atoms with Crippen LogP contribution < -0.4 is 6.15 Å². The number of benzene rings is 4. The smallest absolute Gasteiger partial charge is 0.0705 e. The number of hydrogen-bond acceptors (Lipinski definition) is 2. The molecule has 0 saturated heterocycles. The van der Waals surface area contributed by atoms with Crippen LogP contribution in [0.15, 0.2) is 84.9 Å². The lowest BCUT2D eigenvalue weighted by Crippen LogP contribution is -2.13. The van der Waals surface area contributed by atoms with Gasteiger partial charge in [-0.15, -0.1) is 0 Å². The van der Waals surface area contributed by atoms with E-state index in [1.165, 1.54) is 63.0 Å². The molecule has 3 N–H and O–H groups in total. The minimum absolute atomic E-state index is 0. The summed E-state index contributed by atoms with van der Waals surface area (Å²) in [4.78, 5) is 5.07. The van der Waals surface area contributed by atoms with Gasteiger partial charge in [0.15, 0.2) is 0 Å². The van der Waals surface area contributed by atoms with Crippen molar-refractivity contribution in [1.82, 2.24) is 11.1 Å². The van der Waals surface area contributed by atoms with Gasteiger partial charge in [-0.05, 0) is 64.1 Å². The molecule has 0 radical (unpaired) electrons. The van der Waals surface area contributed by atoms with E-state index in [0.29, 0.717) is 5.92 Å². The minimum atomic E-state index is 0. The second-order valence-corrected chi connectivity index (χ2v) is 7.89. The summed E-state index contributed by atoms with van der Waals surface area (Å²) < 4.78 is 0. The first-order valence-electron chi connectivity index (χ1n) is 10.2. The first-order chi connectivity index (χ1) is 13.9. The summed E-state index contributed by atoms with van der Waals surface area (Å²) >= 11 is 0. The van der Waals surface area contributed by atoms with Gasteiger partial charge in [0, 0.05) is 17.0 Å². The Morgan fingerprint density at radius 2 is 1.41 bits per heavy atom. The normalized spacial score (nSPS) is 15.9. The van der Waals surface area contributed by atoms with Crippen molar-refractivity contribution < 1.29 is 0 Å². The number of aryl methyl sites for hydroxylation is 1. The summed E-state index contributed by atoms with van der Waals surface area (Å²) in [5.74, 6) is 0.373. The molecule has 1 aromatic heterocycles. The van der Waals surface area contributed by atoms with Crippen LogP contribution in [0.2, 0.25) is 0 Å². The summed E-state index contributed by atoms with van der Waals surface area (Å²) in [7, 11) is 0. The van der Waals surface area contributed by atoms with Crippen LogP contribution >= 0.6 is 0 Å². The molecule has 0 bridgehead atoms. The minimum Gasteiger partial charge on any atom is -0.344 e. The lowest BCUT2D eigenvalue weighted by Gasteiger charge is -2.27. The summed E-state index contributed by atoms with van der Waals surface area (Å²) in [6, 6.07) is 30.9. The molecule has 29 heavy (non-hydrogen) atoms. The van der Waals surface area contributed by atoms with Crippen molar-refractivity contribution in [2.24, 2.45) is 0 Å². The predicted octanol–water partition coefficient (Wildman–Crippen LogP) is 7.17. The third-order valence-electron chi connectivity index (χ3n) is 6.32. The molecule has 1 unspecified atom stereocenters. The van der Waals surface area contributed by atoms with E-state index >= 15 is 0 Å². The topological polar surface area (TPSA) is 47.9 Å².